The molecule has 0 spiro atoms. The second kappa shape index (κ2) is 9.61. The minimum Gasteiger partial charge on any atom is -0.494 e. The summed E-state index contributed by atoms with van der Waals surface area (Å²) in [5.41, 5.74) is 2.11. The van der Waals surface area contributed by atoms with Crippen LogP contribution in [0, 0.1) is 0 Å². The highest BCUT2D eigenvalue weighted by atomic mass is 16.5. The quantitative estimate of drug-likeness (QED) is 0.592. The number of hydrogen-bond donors (Lipinski definition) is 1. The lowest BCUT2D eigenvalue weighted by Gasteiger charge is -2.36. The molecule has 29 heavy (non-hydrogen) atoms. The third-order valence-electron chi connectivity index (χ3n) is 5.58. The van der Waals surface area contributed by atoms with Crippen LogP contribution in [0.4, 0.5) is 5.69 Å². The first-order chi connectivity index (χ1) is 14.3. The number of para-hydroxylation sites is 1. The van der Waals surface area contributed by atoms with Crippen molar-refractivity contribution in [2.45, 2.75) is 19.3 Å². The molecule has 0 atom stereocenters. The fourth-order valence-electron chi connectivity index (χ4n) is 3.89. The van der Waals surface area contributed by atoms with E-state index in [1.54, 1.807) is 6.07 Å². The molecule has 5 nitrogen and oxygen atoms in total. The maximum Gasteiger partial charge on any atom is 0.248 e. The van der Waals surface area contributed by atoms with Crippen LogP contribution in [0.5, 0.6) is 5.75 Å². The van der Waals surface area contributed by atoms with Crippen molar-refractivity contribution in [2.24, 2.45) is 0 Å². The van der Waals surface area contributed by atoms with Crippen molar-refractivity contribution in [2.75, 3.05) is 44.2 Å². The third kappa shape index (κ3) is 5.39. The Balaban J connectivity index is 1.11. The van der Waals surface area contributed by atoms with E-state index < -0.39 is 0 Å². The molecule has 1 fully saturated rings. The van der Waals surface area contributed by atoms with Crippen LogP contribution >= 0.6 is 0 Å². The van der Waals surface area contributed by atoms with Gasteiger partial charge in [0.15, 0.2) is 0 Å². The molecule has 1 saturated heterocycles. The number of rotatable bonds is 8. The lowest BCUT2D eigenvalue weighted by atomic mass is 10.2. The van der Waals surface area contributed by atoms with Gasteiger partial charge in [0.1, 0.15) is 5.75 Å². The van der Waals surface area contributed by atoms with Crippen LogP contribution in [-0.2, 0) is 0 Å². The van der Waals surface area contributed by atoms with Crippen LogP contribution in [0.1, 0.15) is 19.3 Å². The summed E-state index contributed by atoms with van der Waals surface area (Å²) in [7, 11) is 0. The van der Waals surface area contributed by atoms with E-state index in [4.69, 9.17) is 4.74 Å². The zero-order chi connectivity index (χ0) is 19.9. The summed E-state index contributed by atoms with van der Waals surface area (Å²) in [5, 5.41) is 0.997. The number of nitrogens with zero attached hydrogens (tertiary/aromatic N) is 2. The SMILES string of the molecule is O=c1ccc2cc(OCCCCCN3CCN(c4ccccc4)CC3)ccc2[nH]1. The fourth-order valence-corrected chi connectivity index (χ4v) is 3.89. The molecule has 3 aromatic rings. The Kier molecular flexibility index (Phi) is 6.47. The number of anilines is 1. The lowest BCUT2D eigenvalue weighted by Crippen LogP contribution is -2.46. The summed E-state index contributed by atoms with van der Waals surface area (Å²) in [6.07, 6.45) is 3.46. The second-order valence-corrected chi connectivity index (χ2v) is 7.65. The third-order valence-corrected chi connectivity index (χ3v) is 5.58. The van der Waals surface area contributed by atoms with Gasteiger partial charge in [0.05, 0.1) is 6.61 Å². The Morgan fingerprint density at radius 1 is 0.862 bits per heavy atom. The minimum atomic E-state index is -0.0763. The summed E-state index contributed by atoms with van der Waals surface area (Å²) in [6, 6.07) is 19.9. The molecule has 0 bridgehead atoms. The van der Waals surface area contributed by atoms with Crippen LogP contribution in [0.25, 0.3) is 10.9 Å². The van der Waals surface area contributed by atoms with Crippen molar-refractivity contribution in [1.29, 1.82) is 0 Å². The molecule has 5 heteroatoms. The number of unbranched alkanes of at least 4 members (excludes halogenated alkanes) is 2. The Morgan fingerprint density at radius 2 is 1.69 bits per heavy atom. The van der Waals surface area contributed by atoms with Gasteiger partial charge >= 0.3 is 0 Å². The van der Waals surface area contributed by atoms with Gasteiger partial charge in [-0.05, 0) is 62.2 Å². The molecule has 1 N–H and O–H groups in total. The largest absolute Gasteiger partial charge is 0.494 e. The zero-order valence-electron chi connectivity index (χ0n) is 16.8. The number of H-pyrrole nitrogens is 1. The molecule has 1 aliphatic heterocycles. The monoisotopic (exact) mass is 391 g/mol. The average molecular weight is 392 g/mol. The molecule has 0 radical (unpaired) electrons. The van der Waals surface area contributed by atoms with Gasteiger partial charge in [0.2, 0.25) is 5.56 Å². The predicted octanol–water partition coefficient (Wildman–Crippen LogP) is 3.90. The highest BCUT2D eigenvalue weighted by molar-refractivity contribution is 5.79. The van der Waals surface area contributed by atoms with Crippen molar-refractivity contribution in [3.8, 4) is 5.75 Å². The number of benzene rings is 2. The Hall–Kier alpha value is -2.79. The zero-order valence-corrected chi connectivity index (χ0v) is 16.8. The minimum absolute atomic E-state index is 0.0763. The van der Waals surface area contributed by atoms with E-state index in [9.17, 15) is 4.79 Å². The van der Waals surface area contributed by atoms with E-state index in [0.717, 1.165) is 55.9 Å². The standard InChI is InChI=1S/C24H29N3O2/c28-24-12-9-20-19-22(10-11-23(20)25-24)29-18-6-2-5-13-26-14-16-27(17-15-26)21-7-3-1-4-8-21/h1,3-4,7-12,19H,2,5-6,13-18H2,(H,25,28). The summed E-state index contributed by atoms with van der Waals surface area (Å²) >= 11 is 0. The highest BCUT2D eigenvalue weighted by Crippen LogP contribution is 2.19. The first-order valence-corrected chi connectivity index (χ1v) is 10.6. The van der Waals surface area contributed by atoms with Gasteiger partial charge in [-0.1, -0.05) is 18.2 Å². The normalized spacial score (nSPS) is 15.0. The van der Waals surface area contributed by atoms with Crippen LogP contribution < -0.4 is 15.2 Å². The first kappa shape index (κ1) is 19.5. The molecule has 0 amide bonds. The number of hydrogen-bond acceptors (Lipinski definition) is 4. The summed E-state index contributed by atoms with van der Waals surface area (Å²) in [4.78, 5) is 19.2. The van der Waals surface area contributed by atoms with E-state index in [1.165, 1.54) is 25.1 Å². The number of aromatic nitrogens is 1. The molecule has 1 aromatic heterocycles. The Labute approximate surface area is 171 Å². The van der Waals surface area contributed by atoms with Crippen molar-refractivity contribution in [3.63, 3.8) is 0 Å². The van der Waals surface area contributed by atoms with E-state index >= 15 is 0 Å². The Morgan fingerprint density at radius 3 is 2.52 bits per heavy atom. The number of fused-ring (bicyclic) bond motifs is 1. The maximum absolute atomic E-state index is 11.3. The predicted molar refractivity (Wildman–Crippen MR) is 119 cm³/mol. The second-order valence-electron chi connectivity index (χ2n) is 7.65. The Bertz CT molecular complexity index is 963. The number of ether oxygens (including phenoxy) is 1. The summed E-state index contributed by atoms with van der Waals surface area (Å²) < 4.78 is 5.89. The van der Waals surface area contributed by atoms with Crippen LogP contribution in [0.3, 0.4) is 0 Å². The number of aromatic amines is 1. The smallest absolute Gasteiger partial charge is 0.248 e. The summed E-state index contributed by atoms with van der Waals surface area (Å²) in [5.74, 6) is 0.863. The number of piperazine rings is 1. The topological polar surface area (TPSA) is 48.6 Å². The van der Waals surface area contributed by atoms with Crippen LogP contribution in [0.15, 0.2) is 65.5 Å². The average Bonchev–Trinajstić information content (AvgIpc) is 2.77. The van der Waals surface area contributed by atoms with Crippen molar-refractivity contribution in [3.05, 3.63) is 71.0 Å². The van der Waals surface area contributed by atoms with E-state index in [-0.39, 0.29) is 5.56 Å². The molecule has 2 aromatic carbocycles. The van der Waals surface area contributed by atoms with E-state index in [0.29, 0.717) is 0 Å². The molecule has 4 rings (SSSR count). The fraction of sp³-hybridized carbons (Fsp3) is 0.375. The highest BCUT2D eigenvalue weighted by Gasteiger charge is 2.16. The van der Waals surface area contributed by atoms with Gasteiger partial charge in [-0.25, -0.2) is 0 Å². The van der Waals surface area contributed by atoms with Gasteiger partial charge < -0.3 is 14.6 Å². The van der Waals surface area contributed by atoms with Gasteiger partial charge in [-0.3, -0.25) is 9.69 Å². The van der Waals surface area contributed by atoms with Crippen molar-refractivity contribution >= 4 is 16.6 Å². The van der Waals surface area contributed by atoms with E-state index in [2.05, 4.69) is 45.1 Å². The van der Waals surface area contributed by atoms with Gasteiger partial charge in [0.25, 0.3) is 0 Å². The van der Waals surface area contributed by atoms with Gasteiger partial charge in [-0.15, -0.1) is 0 Å². The molecule has 0 saturated carbocycles. The van der Waals surface area contributed by atoms with Crippen LogP contribution in [-0.4, -0.2) is 49.2 Å². The van der Waals surface area contributed by atoms with Gasteiger partial charge in [-0.2, -0.15) is 0 Å². The maximum atomic E-state index is 11.3. The van der Waals surface area contributed by atoms with Crippen molar-refractivity contribution in [1.82, 2.24) is 9.88 Å². The molecule has 0 aliphatic carbocycles. The number of pyridine rings is 1. The molecule has 0 unspecified atom stereocenters. The van der Waals surface area contributed by atoms with Crippen LogP contribution in [0.2, 0.25) is 0 Å². The van der Waals surface area contributed by atoms with Crippen molar-refractivity contribution < 1.29 is 4.74 Å². The van der Waals surface area contributed by atoms with Gasteiger partial charge in [0, 0.05) is 48.8 Å². The molecule has 1 aliphatic rings. The molecule has 152 valence electrons. The summed E-state index contributed by atoms with van der Waals surface area (Å²) in [6.45, 7) is 6.42. The molecule has 2 heterocycles. The first-order valence-electron chi connectivity index (χ1n) is 10.6. The molecular formula is C24H29N3O2. The lowest BCUT2D eigenvalue weighted by molar-refractivity contribution is 0.246. The number of nitrogens with one attached hydrogen (secondary N) is 1. The molecular weight excluding hydrogens is 362 g/mol. The van der Waals surface area contributed by atoms with E-state index in [1.807, 2.05) is 24.3 Å².